The molecule has 0 aromatic heterocycles. The van der Waals surface area contributed by atoms with Gasteiger partial charge in [0.25, 0.3) is 15.9 Å². The van der Waals surface area contributed by atoms with Crippen molar-refractivity contribution < 1.29 is 54.2 Å². The van der Waals surface area contributed by atoms with Gasteiger partial charge in [0.2, 0.25) is 0 Å². The number of hydrogen-bond acceptors (Lipinski definition) is 5. The molecule has 45 heavy (non-hydrogen) atoms. The monoisotopic (exact) mass is 654 g/mol. The Kier molecular flexibility index (Phi) is 7.10. The fourth-order valence-electron chi connectivity index (χ4n) is 6.78. The Morgan fingerprint density at radius 3 is 2.29 bits per heavy atom. The maximum Gasteiger partial charge on any atom is 0.416 e. The average molecular weight is 655 g/mol. The van der Waals surface area contributed by atoms with Crippen molar-refractivity contribution in [2.75, 3.05) is 11.0 Å². The van der Waals surface area contributed by atoms with Crippen LogP contribution in [0.5, 0.6) is 5.75 Å². The highest BCUT2D eigenvalue weighted by molar-refractivity contribution is 7.92. The summed E-state index contributed by atoms with van der Waals surface area (Å²) in [6.07, 6.45) is -3.68. The molecule has 2 saturated carbocycles. The lowest BCUT2D eigenvalue weighted by Crippen LogP contribution is -2.58. The summed E-state index contributed by atoms with van der Waals surface area (Å²) in [6, 6.07) is 9.69. The molecule has 238 valence electrons. The Morgan fingerprint density at radius 2 is 1.67 bits per heavy atom. The third-order valence-electron chi connectivity index (χ3n) is 9.02. The molecule has 1 N–H and O–H groups in total. The molecular formula is C30H24F6N2O6S. The number of carbonyl (C=O) groups is 2. The molecule has 1 aliphatic heterocycles. The molecule has 8 nitrogen and oxygen atoms in total. The van der Waals surface area contributed by atoms with E-state index in [2.05, 4.69) is 4.74 Å². The Bertz CT molecular complexity index is 1820. The maximum absolute atomic E-state index is 14.4. The van der Waals surface area contributed by atoms with E-state index in [1.807, 2.05) is 0 Å². The van der Waals surface area contributed by atoms with Gasteiger partial charge in [-0.15, -0.1) is 0 Å². The number of aliphatic carboxylic acids is 1. The van der Waals surface area contributed by atoms with E-state index < -0.39 is 74.3 Å². The van der Waals surface area contributed by atoms with Gasteiger partial charge >= 0.3 is 18.8 Å². The standard InChI is InChI=1S/C30H24F6N2O6S/c31-20-10-18(11-21(14-20)44-27(32)33)17-4-5-23-24(12-17)38(45(42,43)22-3-1-2-19(13-22)30(34,35)36)16-37(25(23)39)29-8-6-28(15-29,7-9-29)26(40)41/h1-5,10-14,27H,6-9,15-16H2,(H,40,41). The van der Waals surface area contributed by atoms with E-state index in [-0.39, 0.29) is 54.5 Å². The zero-order chi connectivity index (χ0) is 32.5. The summed E-state index contributed by atoms with van der Waals surface area (Å²) in [6.45, 7) is -3.89. The molecule has 0 atom stereocenters. The normalized spacial score (nSPS) is 23.0. The average Bonchev–Trinajstić information content (AvgIpc) is 3.55. The summed E-state index contributed by atoms with van der Waals surface area (Å²) in [5.74, 6) is -3.09. The molecule has 3 aromatic rings. The van der Waals surface area contributed by atoms with Crippen LogP contribution in [0, 0.1) is 11.2 Å². The molecule has 6 rings (SSSR count). The van der Waals surface area contributed by atoms with Crippen LogP contribution in [-0.4, -0.2) is 49.1 Å². The second-order valence-corrected chi connectivity index (χ2v) is 13.4. The molecule has 0 saturated heterocycles. The second kappa shape index (κ2) is 10.4. The Hall–Kier alpha value is -4.27. The number of fused-ring (bicyclic) bond motifs is 3. The summed E-state index contributed by atoms with van der Waals surface area (Å²) in [5, 5.41) is 9.90. The number of ether oxygens (including phenoxy) is 1. The molecular weight excluding hydrogens is 630 g/mol. The van der Waals surface area contributed by atoms with Crippen LogP contribution < -0.4 is 9.04 Å². The first-order valence-electron chi connectivity index (χ1n) is 13.7. The zero-order valence-corrected chi connectivity index (χ0v) is 24.0. The lowest BCUT2D eigenvalue weighted by Gasteiger charge is -2.46. The third-order valence-corrected chi connectivity index (χ3v) is 10.8. The predicted molar refractivity (Wildman–Crippen MR) is 146 cm³/mol. The van der Waals surface area contributed by atoms with Crippen molar-refractivity contribution in [1.82, 2.24) is 4.90 Å². The number of carboxylic acids is 1. The summed E-state index contributed by atoms with van der Waals surface area (Å²) in [5.41, 5.74) is -3.58. The molecule has 1 heterocycles. The van der Waals surface area contributed by atoms with Gasteiger partial charge in [0, 0.05) is 11.6 Å². The van der Waals surface area contributed by atoms with Crippen LogP contribution >= 0.6 is 0 Å². The van der Waals surface area contributed by atoms with E-state index >= 15 is 0 Å². The van der Waals surface area contributed by atoms with Gasteiger partial charge < -0.3 is 14.7 Å². The van der Waals surface area contributed by atoms with Crippen LogP contribution in [0.25, 0.3) is 11.1 Å². The minimum absolute atomic E-state index is 0.00355. The number of benzene rings is 3. The highest BCUT2D eigenvalue weighted by atomic mass is 32.2. The molecule has 2 fully saturated rings. The fourth-order valence-corrected chi connectivity index (χ4v) is 8.23. The second-order valence-electron chi connectivity index (χ2n) is 11.5. The number of halogens is 6. The molecule has 1 amide bonds. The van der Waals surface area contributed by atoms with Crippen LogP contribution in [0.15, 0.2) is 65.6 Å². The van der Waals surface area contributed by atoms with E-state index in [9.17, 15) is 49.5 Å². The first-order valence-corrected chi connectivity index (χ1v) is 15.1. The zero-order valence-electron chi connectivity index (χ0n) is 23.2. The molecule has 3 aromatic carbocycles. The summed E-state index contributed by atoms with van der Waals surface area (Å²) in [4.78, 5) is 26.7. The van der Waals surface area contributed by atoms with E-state index in [0.29, 0.717) is 12.1 Å². The summed E-state index contributed by atoms with van der Waals surface area (Å²) < 4.78 is 114. The quantitative estimate of drug-likeness (QED) is 0.292. The number of hydrogen-bond donors (Lipinski definition) is 1. The van der Waals surface area contributed by atoms with Crippen molar-refractivity contribution in [1.29, 1.82) is 0 Å². The number of anilines is 1. The van der Waals surface area contributed by atoms with E-state index in [4.69, 9.17) is 0 Å². The van der Waals surface area contributed by atoms with Crippen LogP contribution in [0.3, 0.4) is 0 Å². The number of alkyl halides is 5. The maximum atomic E-state index is 14.4. The summed E-state index contributed by atoms with van der Waals surface area (Å²) >= 11 is 0. The van der Waals surface area contributed by atoms with Gasteiger partial charge in [-0.05, 0) is 85.7 Å². The smallest absolute Gasteiger partial charge is 0.416 e. The van der Waals surface area contributed by atoms with Crippen LogP contribution in [0.2, 0.25) is 0 Å². The van der Waals surface area contributed by atoms with Crippen molar-refractivity contribution in [3.05, 3.63) is 77.6 Å². The van der Waals surface area contributed by atoms with Gasteiger partial charge in [-0.2, -0.15) is 22.0 Å². The molecule has 0 unspecified atom stereocenters. The lowest BCUT2D eigenvalue weighted by atomic mass is 9.84. The Balaban J connectivity index is 1.49. The highest BCUT2D eigenvalue weighted by Gasteiger charge is 2.62. The topological polar surface area (TPSA) is 104 Å². The first kappa shape index (κ1) is 30.7. The molecule has 15 heteroatoms. The van der Waals surface area contributed by atoms with Crippen molar-refractivity contribution >= 4 is 27.6 Å². The minimum Gasteiger partial charge on any atom is -0.481 e. The van der Waals surface area contributed by atoms with Gasteiger partial charge in [0.1, 0.15) is 18.2 Å². The fraction of sp³-hybridized carbons (Fsp3) is 0.333. The van der Waals surface area contributed by atoms with Gasteiger partial charge in [0.15, 0.2) is 0 Å². The number of sulfonamides is 1. The number of carboxylic acid groups (broad SMARTS) is 1. The predicted octanol–water partition coefficient (Wildman–Crippen LogP) is 6.51. The number of carbonyl (C=O) groups excluding carboxylic acids is 1. The van der Waals surface area contributed by atoms with Gasteiger partial charge in [0.05, 0.1) is 27.1 Å². The molecule has 0 spiro atoms. The van der Waals surface area contributed by atoms with Crippen molar-refractivity contribution in [3.8, 4) is 16.9 Å². The molecule has 2 aliphatic carbocycles. The van der Waals surface area contributed by atoms with Crippen LogP contribution in [0.1, 0.15) is 48.0 Å². The van der Waals surface area contributed by atoms with E-state index in [0.717, 1.165) is 34.6 Å². The molecule has 2 bridgehead atoms. The number of nitrogens with zero attached hydrogens (tertiary/aromatic N) is 2. The largest absolute Gasteiger partial charge is 0.481 e. The number of rotatable bonds is 7. The summed E-state index contributed by atoms with van der Waals surface area (Å²) in [7, 11) is -4.80. The van der Waals surface area contributed by atoms with Crippen LogP contribution in [0.4, 0.5) is 32.0 Å². The van der Waals surface area contributed by atoms with E-state index in [1.165, 1.54) is 23.1 Å². The third kappa shape index (κ3) is 5.16. The minimum atomic E-state index is -4.86. The lowest BCUT2D eigenvalue weighted by molar-refractivity contribution is -0.148. The van der Waals surface area contributed by atoms with Gasteiger partial charge in [-0.25, -0.2) is 17.1 Å². The number of amides is 1. The molecule has 0 radical (unpaired) electrons. The Morgan fingerprint density at radius 1 is 0.956 bits per heavy atom. The first-order chi connectivity index (χ1) is 21.0. The van der Waals surface area contributed by atoms with Gasteiger partial charge in [-0.1, -0.05) is 12.1 Å². The van der Waals surface area contributed by atoms with Crippen molar-refractivity contribution in [2.45, 2.75) is 55.3 Å². The van der Waals surface area contributed by atoms with Gasteiger partial charge in [-0.3, -0.25) is 9.59 Å². The van der Waals surface area contributed by atoms with Crippen LogP contribution in [-0.2, 0) is 21.0 Å². The highest BCUT2D eigenvalue weighted by Crippen LogP contribution is 2.60. The Labute approximate surface area is 252 Å². The SMILES string of the molecule is O=C1c2ccc(-c3cc(F)cc(OC(F)F)c3)cc2N(S(=O)(=O)c2cccc(C(F)(F)F)c2)CN1C12CCC(C(=O)O)(CC1)C2. The van der Waals surface area contributed by atoms with E-state index in [1.54, 1.807) is 0 Å². The van der Waals surface area contributed by atoms with Crippen molar-refractivity contribution in [3.63, 3.8) is 0 Å². The molecule has 3 aliphatic rings. The van der Waals surface area contributed by atoms with Crippen molar-refractivity contribution in [2.24, 2.45) is 5.41 Å².